The molecule has 6 heteroatoms. The van der Waals surface area contributed by atoms with Gasteiger partial charge in [0.2, 0.25) is 0 Å². The fraction of sp³-hybridized carbons (Fsp3) is 0.592. The second-order valence-corrected chi connectivity index (χ2v) is 21.3. The lowest BCUT2D eigenvalue weighted by atomic mass is 10.1. The summed E-state index contributed by atoms with van der Waals surface area (Å²) in [5.41, 5.74) is 0. The molecule has 0 heterocycles. The minimum absolute atomic E-state index is 0.111. The molecule has 0 aliphatic heterocycles. The molecule has 82 heavy (non-hydrogen) atoms. The maximum atomic E-state index is 12.9. The van der Waals surface area contributed by atoms with E-state index in [0.717, 1.165) is 167 Å². The van der Waals surface area contributed by atoms with Crippen LogP contribution in [0.15, 0.2) is 170 Å². The van der Waals surface area contributed by atoms with Gasteiger partial charge in [-0.3, -0.25) is 14.4 Å². The number of ether oxygens (including phenoxy) is 3. The number of hydrogen-bond acceptors (Lipinski definition) is 6. The fourth-order valence-corrected chi connectivity index (χ4v) is 8.54. The largest absolute Gasteiger partial charge is 0.462 e. The molecule has 460 valence electrons. The summed E-state index contributed by atoms with van der Waals surface area (Å²) in [5.74, 6) is -0.980. The van der Waals surface area contributed by atoms with Crippen molar-refractivity contribution in [2.75, 3.05) is 13.2 Å². The number of carbonyl (C=O) groups is 3. The molecule has 1 unspecified atom stereocenters. The zero-order valence-electron chi connectivity index (χ0n) is 52.7. The van der Waals surface area contributed by atoms with Crippen molar-refractivity contribution >= 4 is 17.9 Å². The third-order valence-electron chi connectivity index (χ3n) is 13.4. The summed E-state index contributed by atoms with van der Waals surface area (Å²) in [4.78, 5) is 38.4. The molecule has 0 aliphatic rings. The average molecular weight is 1130 g/mol. The Morgan fingerprint density at radius 3 is 0.768 bits per heavy atom. The molecule has 0 fully saturated rings. The monoisotopic (exact) mass is 1130 g/mol. The molecular formula is C76H120O6. The molecule has 0 amide bonds. The van der Waals surface area contributed by atoms with Gasteiger partial charge < -0.3 is 14.2 Å². The van der Waals surface area contributed by atoms with E-state index in [0.29, 0.717) is 19.3 Å². The van der Waals surface area contributed by atoms with Crippen molar-refractivity contribution in [3.05, 3.63) is 170 Å². The number of unbranched alkanes of at least 4 members (excludes halogenated alkanes) is 19. The van der Waals surface area contributed by atoms with Crippen LogP contribution in [0.4, 0.5) is 0 Å². The van der Waals surface area contributed by atoms with Gasteiger partial charge >= 0.3 is 17.9 Å². The first-order valence-electron chi connectivity index (χ1n) is 33.1. The van der Waals surface area contributed by atoms with Gasteiger partial charge in [0.15, 0.2) is 6.10 Å². The molecule has 0 aromatic heterocycles. The Balaban J connectivity index is 4.50. The molecule has 0 radical (unpaired) electrons. The van der Waals surface area contributed by atoms with Crippen molar-refractivity contribution in [1.29, 1.82) is 0 Å². The van der Waals surface area contributed by atoms with E-state index < -0.39 is 6.10 Å². The van der Waals surface area contributed by atoms with E-state index in [1.165, 1.54) is 57.8 Å². The van der Waals surface area contributed by atoms with E-state index in [1.54, 1.807) is 0 Å². The maximum Gasteiger partial charge on any atom is 0.306 e. The molecular weight excluding hydrogens is 1010 g/mol. The van der Waals surface area contributed by atoms with E-state index >= 15 is 0 Å². The van der Waals surface area contributed by atoms with Crippen molar-refractivity contribution in [1.82, 2.24) is 0 Å². The van der Waals surface area contributed by atoms with Gasteiger partial charge in [-0.1, -0.05) is 268 Å². The lowest BCUT2D eigenvalue weighted by molar-refractivity contribution is -0.167. The van der Waals surface area contributed by atoms with Gasteiger partial charge in [-0.25, -0.2) is 0 Å². The summed E-state index contributed by atoms with van der Waals surface area (Å²) in [7, 11) is 0. The highest BCUT2D eigenvalue weighted by molar-refractivity contribution is 5.71. The summed E-state index contributed by atoms with van der Waals surface area (Å²) in [6, 6.07) is 0. The molecule has 0 saturated carbocycles. The van der Waals surface area contributed by atoms with Crippen LogP contribution in [0.1, 0.15) is 271 Å². The van der Waals surface area contributed by atoms with Gasteiger partial charge in [-0.05, 0) is 154 Å². The van der Waals surface area contributed by atoms with Crippen LogP contribution in [0.5, 0.6) is 0 Å². The Morgan fingerprint density at radius 2 is 0.476 bits per heavy atom. The Kier molecular flexibility index (Phi) is 63.9. The second kappa shape index (κ2) is 68.3. The lowest BCUT2D eigenvalue weighted by Gasteiger charge is -2.18. The van der Waals surface area contributed by atoms with Crippen LogP contribution in [0.3, 0.4) is 0 Å². The molecule has 0 aliphatic carbocycles. The highest BCUT2D eigenvalue weighted by Crippen LogP contribution is 2.14. The molecule has 0 saturated heterocycles. The van der Waals surface area contributed by atoms with Crippen LogP contribution < -0.4 is 0 Å². The molecule has 6 nitrogen and oxygen atoms in total. The summed E-state index contributed by atoms with van der Waals surface area (Å²) in [6.07, 6.45) is 101. The number of rotatable bonds is 58. The zero-order chi connectivity index (χ0) is 59.2. The van der Waals surface area contributed by atoms with Gasteiger partial charge in [-0.15, -0.1) is 0 Å². The number of hydrogen-bond donors (Lipinski definition) is 0. The first-order chi connectivity index (χ1) is 40.5. The van der Waals surface area contributed by atoms with Gasteiger partial charge in [0.05, 0.1) is 0 Å². The van der Waals surface area contributed by atoms with Gasteiger partial charge in [0.1, 0.15) is 13.2 Å². The van der Waals surface area contributed by atoms with E-state index in [1.807, 2.05) is 0 Å². The van der Waals surface area contributed by atoms with Gasteiger partial charge in [-0.2, -0.15) is 0 Å². The number of esters is 3. The van der Waals surface area contributed by atoms with Crippen LogP contribution in [-0.4, -0.2) is 37.2 Å². The fourth-order valence-electron chi connectivity index (χ4n) is 8.54. The van der Waals surface area contributed by atoms with Crippen LogP contribution in [0.25, 0.3) is 0 Å². The van der Waals surface area contributed by atoms with E-state index in [4.69, 9.17) is 14.2 Å². The molecule has 0 spiro atoms. The SMILES string of the molecule is CC/C=C\C/C=C\C/C=C\C/C=C\C/C=C\C/C=C\C/C=C\C/C=C\CCCCCCC(=O)OCC(COC(=O)CCCCCCC/C=C\CCCCCCCCC)OC(=O)CCCCC/C=C\C/C=C\C/C=C\C/C=C\C/C=C\CC. The summed E-state index contributed by atoms with van der Waals surface area (Å²) in [6.45, 7) is 6.35. The Hall–Kier alpha value is -5.23. The van der Waals surface area contributed by atoms with E-state index in [2.05, 4.69) is 191 Å². The van der Waals surface area contributed by atoms with Crippen LogP contribution in [-0.2, 0) is 28.6 Å². The third-order valence-corrected chi connectivity index (χ3v) is 13.4. The first kappa shape index (κ1) is 76.8. The van der Waals surface area contributed by atoms with E-state index in [9.17, 15) is 14.4 Å². The van der Waals surface area contributed by atoms with Crippen molar-refractivity contribution in [2.24, 2.45) is 0 Å². The molecule has 1 atom stereocenters. The molecule has 0 N–H and O–H groups in total. The predicted octanol–water partition coefficient (Wildman–Crippen LogP) is 23.0. The summed E-state index contributed by atoms with van der Waals surface area (Å²) >= 11 is 0. The summed E-state index contributed by atoms with van der Waals surface area (Å²) < 4.78 is 16.9. The van der Waals surface area contributed by atoms with Gasteiger partial charge in [0.25, 0.3) is 0 Å². The minimum atomic E-state index is -0.821. The lowest BCUT2D eigenvalue weighted by Crippen LogP contribution is -2.30. The standard InChI is InChI=1S/C76H120O6/c1-4-7-10-13-16-19-22-25-28-31-33-34-35-36-37-38-39-40-41-42-44-45-48-51-54-57-60-63-66-69-75(78)81-72-73(71-80-74(77)68-65-62-59-56-53-50-47-30-27-24-21-18-15-12-9-6-3)82-76(79)70-67-64-61-58-55-52-49-46-43-32-29-26-23-20-17-14-11-8-5-2/h7-8,10-11,16-17,19-20,25-26,28-30,33-34,36-37,39-40,42-44,46-48,51-52,55,73H,4-6,9,12-15,18,21-24,27,31-32,35,38,41,45,49-50,53-54,56-72H2,1-3H3/b10-7-,11-8-,19-16-,20-17-,28-25-,29-26-,34-33-,37-36-,40-39-,44-42-,46-43-,47-30-,51-48-,55-52-. The van der Waals surface area contributed by atoms with Crippen LogP contribution in [0.2, 0.25) is 0 Å². The average Bonchev–Trinajstić information content (AvgIpc) is 3.47. The Bertz CT molecular complexity index is 1870. The predicted molar refractivity (Wildman–Crippen MR) is 357 cm³/mol. The maximum absolute atomic E-state index is 12.9. The summed E-state index contributed by atoms with van der Waals surface area (Å²) in [5, 5.41) is 0. The smallest absolute Gasteiger partial charge is 0.306 e. The topological polar surface area (TPSA) is 78.9 Å². The Labute approximate surface area is 504 Å². The highest BCUT2D eigenvalue weighted by Gasteiger charge is 2.19. The van der Waals surface area contributed by atoms with Crippen molar-refractivity contribution < 1.29 is 28.6 Å². The second-order valence-electron chi connectivity index (χ2n) is 21.3. The number of allylic oxidation sites excluding steroid dienone is 28. The van der Waals surface area contributed by atoms with Crippen molar-refractivity contribution in [2.45, 2.75) is 277 Å². The third kappa shape index (κ3) is 65.6. The highest BCUT2D eigenvalue weighted by atomic mass is 16.6. The zero-order valence-corrected chi connectivity index (χ0v) is 52.7. The number of carbonyl (C=O) groups excluding carboxylic acids is 3. The first-order valence-corrected chi connectivity index (χ1v) is 33.1. The van der Waals surface area contributed by atoms with E-state index in [-0.39, 0.29) is 37.5 Å². The van der Waals surface area contributed by atoms with Crippen molar-refractivity contribution in [3.8, 4) is 0 Å². The Morgan fingerprint density at radius 1 is 0.256 bits per heavy atom. The molecule has 0 aromatic rings. The molecule has 0 bridgehead atoms. The molecule has 0 aromatic carbocycles. The normalized spacial score (nSPS) is 13.3. The minimum Gasteiger partial charge on any atom is -0.462 e. The quantitative estimate of drug-likeness (QED) is 0.0261. The molecule has 0 rings (SSSR count). The van der Waals surface area contributed by atoms with Gasteiger partial charge in [0, 0.05) is 19.3 Å². The van der Waals surface area contributed by atoms with Crippen molar-refractivity contribution in [3.63, 3.8) is 0 Å². The van der Waals surface area contributed by atoms with Crippen LogP contribution >= 0.6 is 0 Å². The van der Waals surface area contributed by atoms with Crippen LogP contribution in [0, 0.1) is 0 Å².